The Morgan fingerprint density at radius 1 is 1.58 bits per heavy atom. The van der Waals surface area contributed by atoms with E-state index in [4.69, 9.17) is 9.84 Å². The lowest BCUT2D eigenvalue weighted by atomic mass is 10.0. The van der Waals surface area contributed by atoms with E-state index in [0.717, 1.165) is 15.8 Å². The van der Waals surface area contributed by atoms with Crippen LogP contribution in [0.4, 0.5) is 0 Å². The number of benzene rings is 1. The minimum Gasteiger partial charge on any atom is -0.493 e. The molecule has 0 radical (unpaired) electrons. The molecule has 0 aliphatic carbocycles. The maximum atomic E-state index is 9.01. The molecule has 0 spiro atoms. The highest BCUT2D eigenvalue weighted by Gasteiger charge is 2.22. The topological polar surface area (TPSA) is 29.5 Å². The summed E-state index contributed by atoms with van der Waals surface area (Å²) >= 11 is 3.38. The summed E-state index contributed by atoms with van der Waals surface area (Å²) in [5.74, 6) is 1.05. The van der Waals surface area contributed by atoms with Crippen LogP contribution in [0.2, 0.25) is 0 Å². The number of aliphatic hydroxyl groups is 1. The number of hydrogen-bond donors (Lipinski definition) is 1. The Balaban J connectivity index is 2.42. The molecule has 1 aromatic rings. The van der Waals surface area contributed by atoms with E-state index < -0.39 is 0 Å². The molecule has 0 aromatic heterocycles. The molecular weight excluding hydrogens is 220 g/mol. The average Bonchev–Trinajstić information content (AvgIpc) is 2.46. The van der Waals surface area contributed by atoms with E-state index in [0.29, 0.717) is 6.61 Å². The van der Waals surface area contributed by atoms with Gasteiger partial charge in [0, 0.05) is 16.0 Å². The second-order valence-corrected chi connectivity index (χ2v) is 3.79. The minimum absolute atomic E-state index is 0.150. The monoisotopic (exact) mass is 228 g/mol. The lowest BCUT2D eigenvalue weighted by Crippen LogP contribution is -2.04. The zero-order chi connectivity index (χ0) is 8.55. The van der Waals surface area contributed by atoms with Crippen LogP contribution in [0.3, 0.4) is 0 Å². The molecule has 2 rings (SSSR count). The van der Waals surface area contributed by atoms with Crippen LogP contribution in [0, 0.1) is 0 Å². The van der Waals surface area contributed by atoms with Crippen LogP contribution in [0.25, 0.3) is 0 Å². The number of hydrogen-bond acceptors (Lipinski definition) is 2. The van der Waals surface area contributed by atoms with E-state index in [1.807, 2.05) is 18.2 Å². The molecular formula is C9H9BrO2. The quantitative estimate of drug-likeness (QED) is 0.797. The molecule has 0 amide bonds. The minimum atomic E-state index is 0.150. The van der Waals surface area contributed by atoms with Crippen molar-refractivity contribution in [2.75, 3.05) is 13.2 Å². The van der Waals surface area contributed by atoms with Crippen molar-refractivity contribution in [2.24, 2.45) is 0 Å². The van der Waals surface area contributed by atoms with Crippen LogP contribution in [-0.4, -0.2) is 18.3 Å². The fourth-order valence-electron chi connectivity index (χ4n) is 1.40. The molecule has 1 N–H and O–H groups in total. The van der Waals surface area contributed by atoms with Gasteiger partial charge in [-0.05, 0) is 18.2 Å². The van der Waals surface area contributed by atoms with Crippen molar-refractivity contribution >= 4 is 15.9 Å². The van der Waals surface area contributed by atoms with Gasteiger partial charge in [0.1, 0.15) is 5.75 Å². The van der Waals surface area contributed by atoms with E-state index >= 15 is 0 Å². The number of fused-ring (bicyclic) bond motifs is 1. The van der Waals surface area contributed by atoms with Crippen LogP contribution in [-0.2, 0) is 0 Å². The van der Waals surface area contributed by atoms with Crippen LogP contribution >= 0.6 is 15.9 Å². The van der Waals surface area contributed by atoms with E-state index in [1.54, 1.807) is 0 Å². The van der Waals surface area contributed by atoms with Crippen LogP contribution < -0.4 is 4.74 Å². The molecule has 1 aliphatic heterocycles. The maximum absolute atomic E-state index is 9.01. The third-order valence-corrected chi connectivity index (χ3v) is 2.57. The molecule has 0 saturated heterocycles. The van der Waals surface area contributed by atoms with E-state index in [9.17, 15) is 0 Å². The van der Waals surface area contributed by atoms with Crippen molar-refractivity contribution in [2.45, 2.75) is 5.92 Å². The summed E-state index contributed by atoms with van der Waals surface area (Å²) in [5, 5.41) is 9.01. The highest BCUT2D eigenvalue weighted by Crippen LogP contribution is 2.35. The molecule has 1 aromatic carbocycles. The molecule has 12 heavy (non-hydrogen) atoms. The summed E-state index contributed by atoms with van der Waals surface area (Å²) in [6, 6.07) is 5.87. The average molecular weight is 229 g/mol. The molecule has 0 saturated carbocycles. The molecule has 0 fully saturated rings. The fourth-order valence-corrected chi connectivity index (χ4v) is 1.78. The van der Waals surface area contributed by atoms with E-state index in [1.165, 1.54) is 0 Å². The van der Waals surface area contributed by atoms with Crippen molar-refractivity contribution in [3.63, 3.8) is 0 Å². The number of halogens is 1. The predicted octanol–water partition coefficient (Wildman–Crippen LogP) is 1.92. The van der Waals surface area contributed by atoms with Gasteiger partial charge in [-0.25, -0.2) is 0 Å². The number of ether oxygens (including phenoxy) is 1. The molecule has 2 nitrogen and oxygen atoms in total. The highest BCUT2D eigenvalue weighted by atomic mass is 79.9. The molecule has 0 unspecified atom stereocenters. The molecule has 1 heterocycles. The van der Waals surface area contributed by atoms with Gasteiger partial charge in [-0.3, -0.25) is 0 Å². The first-order chi connectivity index (χ1) is 5.81. The Morgan fingerprint density at radius 2 is 2.42 bits per heavy atom. The summed E-state index contributed by atoms with van der Waals surface area (Å²) in [6.45, 7) is 0.756. The van der Waals surface area contributed by atoms with E-state index in [2.05, 4.69) is 15.9 Å². The fraction of sp³-hybridized carbons (Fsp3) is 0.333. The van der Waals surface area contributed by atoms with Crippen molar-refractivity contribution in [1.29, 1.82) is 0 Å². The van der Waals surface area contributed by atoms with Crippen molar-refractivity contribution < 1.29 is 9.84 Å². The molecule has 3 heteroatoms. The summed E-state index contributed by atoms with van der Waals surface area (Å²) in [5.41, 5.74) is 1.10. The Kier molecular flexibility index (Phi) is 2.07. The van der Waals surface area contributed by atoms with E-state index in [-0.39, 0.29) is 12.5 Å². The first-order valence-electron chi connectivity index (χ1n) is 3.84. The SMILES string of the molecule is OC[C@H]1COc2ccc(Br)cc21. The van der Waals surface area contributed by atoms with Crippen molar-refractivity contribution in [1.82, 2.24) is 0 Å². The third-order valence-electron chi connectivity index (χ3n) is 2.07. The molecule has 1 aliphatic rings. The lowest BCUT2D eigenvalue weighted by Gasteiger charge is -2.02. The highest BCUT2D eigenvalue weighted by molar-refractivity contribution is 9.10. The summed E-state index contributed by atoms with van der Waals surface area (Å²) < 4.78 is 6.41. The zero-order valence-corrected chi connectivity index (χ0v) is 8.04. The summed E-state index contributed by atoms with van der Waals surface area (Å²) in [7, 11) is 0. The van der Waals surface area contributed by atoms with Gasteiger partial charge in [-0.1, -0.05) is 15.9 Å². The Hall–Kier alpha value is -0.540. The zero-order valence-electron chi connectivity index (χ0n) is 6.46. The van der Waals surface area contributed by atoms with Gasteiger partial charge in [0.25, 0.3) is 0 Å². The van der Waals surface area contributed by atoms with Gasteiger partial charge in [-0.2, -0.15) is 0 Å². The molecule has 64 valence electrons. The van der Waals surface area contributed by atoms with Gasteiger partial charge in [0.2, 0.25) is 0 Å². The molecule has 0 bridgehead atoms. The summed E-state index contributed by atoms with van der Waals surface area (Å²) in [4.78, 5) is 0. The number of aliphatic hydroxyl groups excluding tert-OH is 1. The van der Waals surface area contributed by atoms with Crippen molar-refractivity contribution in [3.05, 3.63) is 28.2 Å². The summed E-state index contributed by atoms with van der Waals surface area (Å²) in [6.07, 6.45) is 0. The van der Waals surface area contributed by atoms with Crippen LogP contribution in [0.5, 0.6) is 5.75 Å². The largest absolute Gasteiger partial charge is 0.493 e. The van der Waals surface area contributed by atoms with Gasteiger partial charge in [0.05, 0.1) is 13.2 Å². The predicted molar refractivity (Wildman–Crippen MR) is 49.5 cm³/mol. The maximum Gasteiger partial charge on any atom is 0.123 e. The van der Waals surface area contributed by atoms with Gasteiger partial charge in [0.15, 0.2) is 0 Å². The second-order valence-electron chi connectivity index (χ2n) is 2.87. The normalized spacial score (nSPS) is 20.3. The standard InChI is InChI=1S/C9H9BrO2/c10-7-1-2-9-8(3-7)6(4-11)5-12-9/h1-3,6,11H,4-5H2/t6-/m0/s1. The Labute approximate surface area is 79.3 Å². The van der Waals surface area contributed by atoms with Gasteiger partial charge in [-0.15, -0.1) is 0 Å². The van der Waals surface area contributed by atoms with Gasteiger partial charge < -0.3 is 9.84 Å². The van der Waals surface area contributed by atoms with Gasteiger partial charge >= 0.3 is 0 Å². The third kappa shape index (κ3) is 1.23. The van der Waals surface area contributed by atoms with Crippen LogP contribution in [0.1, 0.15) is 11.5 Å². The first-order valence-corrected chi connectivity index (χ1v) is 4.63. The Bertz CT molecular complexity index is 299. The smallest absolute Gasteiger partial charge is 0.123 e. The molecule has 1 atom stereocenters. The van der Waals surface area contributed by atoms with Crippen LogP contribution in [0.15, 0.2) is 22.7 Å². The first kappa shape index (κ1) is 8.08. The Morgan fingerprint density at radius 3 is 3.17 bits per heavy atom. The lowest BCUT2D eigenvalue weighted by molar-refractivity contribution is 0.232. The number of rotatable bonds is 1. The van der Waals surface area contributed by atoms with Crippen molar-refractivity contribution in [3.8, 4) is 5.75 Å². The second kappa shape index (κ2) is 3.07.